The number of hydrogen-bond donors (Lipinski definition) is 1. The first-order valence-corrected chi connectivity index (χ1v) is 7.43. The summed E-state index contributed by atoms with van der Waals surface area (Å²) in [5, 5.41) is 4.36. The maximum Gasteiger partial charge on any atom is 0.280 e. The van der Waals surface area contributed by atoms with Gasteiger partial charge in [0.2, 0.25) is 0 Å². The van der Waals surface area contributed by atoms with Gasteiger partial charge >= 0.3 is 0 Å². The molecule has 1 aliphatic rings. The number of amides is 1. The summed E-state index contributed by atoms with van der Waals surface area (Å²) in [6.45, 7) is 5.43. The number of ether oxygens (including phenoxy) is 1. The Morgan fingerprint density at radius 3 is 2.86 bits per heavy atom. The molecule has 2 aromatic rings. The third kappa shape index (κ3) is 2.41. The summed E-state index contributed by atoms with van der Waals surface area (Å²) < 4.78 is 6.36. The molecule has 7 heteroatoms. The fourth-order valence-corrected chi connectivity index (χ4v) is 2.76. The molecule has 3 rings (SSSR count). The number of methoxy groups -OCH3 is 1. The Bertz CT molecular complexity index is 775. The number of nitrogens with zero attached hydrogens (tertiary/aromatic N) is 3. The van der Waals surface area contributed by atoms with Crippen molar-refractivity contribution in [1.29, 1.82) is 0 Å². The second kappa shape index (κ2) is 5.57. The molecule has 0 fully saturated rings. The van der Waals surface area contributed by atoms with Gasteiger partial charge in [0, 0.05) is 19.7 Å². The van der Waals surface area contributed by atoms with Crippen LogP contribution in [0.1, 0.15) is 35.6 Å². The Morgan fingerprint density at radius 1 is 1.41 bits per heavy atom. The van der Waals surface area contributed by atoms with E-state index in [1.54, 1.807) is 12.0 Å². The first-order valence-electron chi connectivity index (χ1n) is 7.43. The minimum Gasteiger partial charge on any atom is -0.383 e. The van der Waals surface area contributed by atoms with E-state index in [2.05, 4.69) is 23.9 Å². The van der Waals surface area contributed by atoms with Crippen LogP contribution in [0.4, 0.5) is 0 Å². The lowest BCUT2D eigenvalue weighted by molar-refractivity contribution is 0.0715. The second-order valence-corrected chi connectivity index (χ2v) is 6.03. The van der Waals surface area contributed by atoms with E-state index in [4.69, 9.17) is 4.74 Å². The van der Waals surface area contributed by atoms with Gasteiger partial charge in [-0.1, -0.05) is 13.8 Å². The molecule has 1 N–H and O–H groups in total. The van der Waals surface area contributed by atoms with E-state index in [1.165, 1.54) is 4.52 Å². The van der Waals surface area contributed by atoms with E-state index in [1.807, 2.05) is 6.07 Å². The van der Waals surface area contributed by atoms with Crippen molar-refractivity contribution < 1.29 is 9.53 Å². The number of carbonyl (C=O) groups is 1. The fraction of sp³-hybridized carbons (Fsp3) is 0.533. The first-order chi connectivity index (χ1) is 10.5. The van der Waals surface area contributed by atoms with Gasteiger partial charge in [0.25, 0.3) is 11.5 Å². The van der Waals surface area contributed by atoms with Crippen LogP contribution in [-0.4, -0.2) is 45.7 Å². The topological polar surface area (TPSA) is 79.7 Å². The Balaban J connectivity index is 2.00. The summed E-state index contributed by atoms with van der Waals surface area (Å²) >= 11 is 0. The summed E-state index contributed by atoms with van der Waals surface area (Å²) in [7, 11) is 1.59. The van der Waals surface area contributed by atoms with Gasteiger partial charge in [-0.05, 0) is 12.3 Å². The van der Waals surface area contributed by atoms with Crippen molar-refractivity contribution in [2.75, 3.05) is 20.3 Å². The predicted molar refractivity (Wildman–Crippen MR) is 81.0 cm³/mol. The van der Waals surface area contributed by atoms with Crippen molar-refractivity contribution in [1.82, 2.24) is 19.5 Å². The summed E-state index contributed by atoms with van der Waals surface area (Å²) in [5.41, 5.74) is 2.07. The van der Waals surface area contributed by atoms with Gasteiger partial charge in [-0.15, -0.1) is 0 Å². The van der Waals surface area contributed by atoms with Crippen molar-refractivity contribution >= 4 is 11.6 Å². The third-order valence-corrected chi connectivity index (χ3v) is 3.80. The van der Waals surface area contributed by atoms with Crippen molar-refractivity contribution in [3.05, 3.63) is 33.4 Å². The molecule has 1 aliphatic heterocycles. The molecule has 2 aromatic heterocycles. The molecule has 3 heterocycles. The summed E-state index contributed by atoms with van der Waals surface area (Å²) in [6.07, 6.45) is 0.799. The van der Waals surface area contributed by atoms with Crippen molar-refractivity contribution in [2.24, 2.45) is 5.92 Å². The van der Waals surface area contributed by atoms with Crippen LogP contribution in [-0.2, 0) is 17.7 Å². The minimum absolute atomic E-state index is 0.154. The number of nitrogens with one attached hydrogen (secondary N) is 1. The average molecular weight is 304 g/mol. The summed E-state index contributed by atoms with van der Waals surface area (Å²) in [6, 6.07) is 1.84. The molecule has 1 amide bonds. The Hall–Kier alpha value is -2.15. The van der Waals surface area contributed by atoms with Crippen LogP contribution in [0.5, 0.6) is 0 Å². The maximum absolute atomic E-state index is 12.6. The van der Waals surface area contributed by atoms with E-state index in [-0.39, 0.29) is 11.5 Å². The van der Waals surface area contributed by atoms with Crippen LogP contribution in [0.2, 0.25) is 0 Å². The van der Waals surface area contributed by atoms with Gasteiger partial charge in [-0.25, -0.2) is 0 Å². The number of aromatic amines is 1. The first kappa shape index (κ1) is 14.8. The molecular formula is C15H20N4O3. The van der Waals surface area contributed by atoms with Gasteiger partial charge in [0.1, 0.15) is 11.3 Å². The quantitative estimate of drug-likeness (QED) is 0.887. The number of aromatic nitrogens is 3. The van der Waals surface area contributed by atoms with E-state index in [9.17, 15) is 9.59 Å². The molecule has 0 saturated heterocycles. The van der Waals surface area contributed by atoms with E-state index >= 15 is 0 Å². The SMILES string of the molecule is COCCN1Cc2c([nH]c3cc(CC(C)C)nn3c2=O)C1=O. The second-order valence-electron chi connectivity index (χ2n) is 6.03. The van der Waals surface area contributed by atoms with Gasteiger partial charge in [-0.3, -0.25) is 9.59 Å². The number of rotatable bonds is 5. The third-order valence-electron chi connectivity index (χ3n) is 3.80. The van der Waals surface area contributed by atoms with Crippen LogP contribution in [0, 0.1) is 5.92 Å². The fourth-order valence-electron chi connectivity index (χ4n) is 2.76. The Morgan fingerprint density at radius 2 is 2.18 bits per heavy atom. The van der Waals surface area contributed by atoms with Gasteiger partial charge in [0.15, 0.2) is 0 Å². The van der Waals surface area contributed by atoms with Gasteiger partial charge in [-0.2, -0.15) is 9.61 Å². The van der Waals surface area contributed by atoms with Crippen molar-refractivity contribution in [3.63, 3.8) is 0 Å². The average Bonchev–Trinajstić information content (AvgIpc) is 2.99. The maximum atomic E-state index is 12.6. The van der Waals surface area contributed by atoms with Crippen LogP contribution in [0.15, 0.2) is 10.9 Å². The van der Waals surface area contributed by atoms with Gasteiger partial charge in [0.05, 0.1) is 24.4 Å². The largest absolute Gasteiger partial charge is 0.383 e. The lowest BCUT2D eigenvalue weighted by Gasteiger charge is -2.13. The molecule has 118 valence electrons. The number of carbonyl (C=O) groups excluding carboxylic acids is 1. The summed E-state index contributed by atoms with van der Waals surface area (Å²) in [5.74, 6) is 0.302. The highest BCUT2D eigenvalue weighted by atomic mass is 16.5. The highest BCUT2D eigenvalue weighted by Crippen LogP contribution is 2.19. The number of fused-ring (bicyclic) bond motifs is 2. The zero-order chi connectivity index (χ0) is 15.9. The molecule has 0 bridgehead atoms. The minimum atomic E-state index is -0.216. The predicted octanol–water partition coefficient (Wildman–Crippen LogP) is 0.823. The highest BCUT2D eigenvalue weighted by Gasteiger charge is 2.31. The molecule has 0 saturated carbocycles. The van der Waals surface area contributed by atoms with E-state index in [0.717, 1.165) is 12.1 Å². The molecule has 0 aromatic carbocycles. The molecule has 0 unspecified atom stereocenters. The van der Waals surface area contributed by atoms with Crippen molar-refractivity contribution in [2.45, 2.75) is 26.8 Å². The smallest absolute Gasteiger partial charge is 0.280 e. The van der Waals surface area contributed by atoms with E-state index < -0.39 is 0 Å². The molecule has 0 atom stereocenters. The Kier molecular flexibility index (Phi) is 3.74. The molecule has 0 aliphatic carbocycles. The molecule has 0 radical (unpaired) electrons. The zero-order valence-electron chi connectivity index (χ0n) is 13.0. The standard InChI is InChI=1S/C15H20N4O3/c1-9(2)6-10-7-12-16-13-11(14(20)19(12)17-10)8-18(15(13)21)4-5-22-3/h7,9,16H,4-6,8H2,1-3H3. The summed E-state index contributed by atoms with van der Waals surface area (Å²) in [4.78, 5) is 29.6. The monoisotopic (exact) mass is 304 g/mol. The Labute approximate surface area is 127 Å². The van der Waals surface area contributed by atoms with Crippen molar-refractivity contribution in [3.8, 4) is 0 Å². The molecular weight excluding hydrogens is 284 g/mol. The zero-order valence-corrected chi connectivity index (χ0v) is 13.0. The van der Waals surface area contributed by atoms with Gasteiger partial charge < -0.3 is 14.6 Å². The number of H-pyrrole nitrogens is 1. The molecule has 22 heavy (non-hydrogen) atoms. The van der Waals surface area contributed by atoms with Crippen LogP contribution < -0.4 is 5.56 Å². The normalized spacial score (nSPS) is 14.4. The lowest BCUT2D eigenvalue weighted by Crippen LogP contribution is -2.28. The van der Waals surface area contributed by atoms with E-state index in [0.29, 0.717) is 42.5 Å². The molecule has 7 nitrogen and oxygen atoms in total. The lowest BCUT2D eigenvalue weighted by atomic mass is 10.1. The number of hydrogen-bond acceptors (Lipinski definition) is 4. The highest BCUT2D eigenvalue weighted by molar-refractivity contribution is 5.96. The molecule has 0 spiro atoms. The van der Waals surface area contributed by atoms with Crippen LogP contribution in [0.3, 0.4) is 0 Å². The van der Waals surface area contributed by atoms with Crippen LogP contribution in [0.25, 0.3) is 5.65 Å². The van der Waals surface area contributed by atoms with Crippen LogP contribution >= 0.6 is 0 Å².